The summed E-state index contributed by atoms with van der Waals surface area (Å²) in [5, 5.41) is 24.5. The second kappa shape index (κ2) is 22.4. The van der Waals surface area contributed by atoms with Crippen LogP contribution in [-0.4, -0.2) is 105 Å². The molecular weight excluding hydrogens is 1060 g/mol. The van der Waals surface area contributed by atoms with Crippen LogP contribution < -0.4 is 25.2 Å². The van der Waals surface area contributed by atoms with Gasteiger partial charge in [-0.2, -0.15) is 18.4 Å². The molecular formula is C52H50F8N8O7S2. The largest absolute Gasteiger partial charge is 0.484 e. The van der Waals surface area contributed by atoms with E-state index in [0.717, 1.165) is 63.1 Å². The average Bonchev–Trinajstić information content (AvgIpc) is 4.05. The van der Waals surface area contributed by atoms with Crippen LogP contribution in [-0.2, 0) is 36.6 Å². The van der Waals surface area contributed by atoms with Gasteiger partial charge in [0.25, 0.3) is 11.8 Å². The number of alkyl halides is 5. The quantitative estimate of drug-likeness (QED) is 0.0457. The van der Waals surface area contributed by atoms with Gasteiger partial charge in [0.2, 0.25) is 17.7 Å². The summed E-state index contributed by atoms with van der Waals surface area (Å²) in [6.45, 7) is 6.70. The normalized spacial score (nSPS) is 17.1. The van der Waals surface area contributed by atoms with E-state index in [2.05, 4.69) is 20.6 Å². The monoisotopic (exact) mass is 1110 g/mol. The number of anilines is 2. The maximum Gasteiger partial charge on any atom is 0.420 e. The molecule has 4 amide bonds. The van der Waals surface area contributed by atoms with Crippen LogP contribution in [0.15, 0.2) is 72.4 Å². The summed E-state index contributed by atoms with van der Waals surface area (Å²) in [4.78, 5) is 66.1. The van der Waals surface area contributed by atoms with Crippen molar-refractivity contribution in [3.8, 4) is 33.5 Å². The fourth-order valence-electron chi connectivity index (χ4n) is 8.70. The molecule has 0 saturated carbocycles. The van der Waals surface area contributed by atoms with E-state index in [1.54, 1.807) is 26.3 Å². The van der Waals surface area contributed by atoms with Gasteiger partial charge in [0, 0.05) is 37.6 Å². The number of benzene rings is 3. The number of thiazole rings is 1. The average molecular weight is 1120 g/mol. The third-order valence-electron chi connectivity index (χ3n) is 12.7. The maximum absolute atomic E-state index is 15.8. The summed E-state index contributed by atoms with van der Waals surface area (Å²) in [6, 6.07) is 11.7. The molecule has 77 heavy (non-hydrogen) atoms. The molecule has 3 atom stereocenters. The summed E-state index contributed by atoms with van der Waals surface area (Å²) in [5.74, 6) is -11.5. The second-order valence-electron chi connectivity index (χ2n) is 19.8. The number of aryl methyl sites for hydroxylation is 1. The molecule has 408 valence electrons. The number of nitriles is 1. The Morgan fingerprint density at radius 2 is 1.68 bits per heavy atom. The SMILES string of the molecule is Cc1ncsc1-c1ccc(CNC(=O)[C@@H]2C[C@@H](O)CN2C(=O)[C@@H](NC(=O)COCCC(F)(F)COc2ccc(-c3ncc(N4C(=S)N(c5ccc(C#N)c(C(F)(F)F)c5F)C(=O)C4(C)C)cc3F)cc2F)C(C)(C)C)cc1. The van der Waals surface area contributed by atoms with Gasteiger partial charge < -0.3 is 35.0 Å². The summed E-state index contributed by atoms with van der Waals surface area (Å²) in [7, 11) is 0. The van der Waals surface area contributed by atoms with Crippen molar-refractivity contribution in [1.29, 1.82) is 5.26 Å². The highest BCUT2D eigenvalue weighted by Gasteiger charge is 2.52. The molecule has 15 nitrogen and oxygen atoms in total. The Morgan fingerprint density at radius 3 is 2.29 bits per heavy atom. The molecule has 2 aliphatic heterocycles. The number of hydrogen-bond donors (Lipinski definition) is 3. The Labute approximate surface area is 445 Å². The van der Waals surface area contributed by atoms with E-state index >= 15 is 13.2 Å². The zero-order valence-electron chi connectivity index (χ0n) is 42.0. The first-order valence-electron chi connectivity index (χ1n) is 23.6. The van der Waals surface area contributed by atoms with E-state index < -0.39 is 142 Å². The summed E-state index contributed by atoms with van der Waals surface area (Å²) in [6.07, 6.45) is -6.35. The molecule has 2 aromatic heterocycles. The van der Waals surface area contributed by atoms with E-state index in [9.17, 15) is 46.2 Å². The van der Waals surface area contributed by atoms with Gasteiger partial charge in [-0.05, 0) is 79.9 Å². The van der Waals surface area contributed by atoms with Crippen molar-refractivity contribution >= 4 is 63.7 Å². The minimum absolute atomic E-state index is 0.0420. The molecule has 0 bridgehead atoms. The Hall–Kier alpha value is -7.14. The number of hydrogen-bond acceptors (Lipinski definition) is 12. The van der Waals surface area contributed by atoms with Crippen LogP contribution in [0.3, 0.4) is 0 Å². The van der Waals surface area contributed by atoms with Gasteiger partial charge in [0.15, 0.2) is 34.9 Å². The van der Waals surface area contributed by atoms with E-state index in [1.807, 2.05) is 31.2 Å². The highest BCUT2D eigenvalue weighted by molar-refractivity contribution is 7.81. The van der Waals surface area contributed by atoms with Crippen molar-refractivity contribution < 1.29 is 68.9 Å². The summed E-state index contributed by atoms with van der Waals surface area (Å²) >= 11 is 6.90. The number of aliphatic hydroxyl groups is 1. The van der Waals surface area contributed by atoms with E-state index in [0.29, 0.717) is 11.0 Å². The molecule has 3 aromatic carbocycles. The van der Waals surface area contributed by atoms with Crippen molar-refractivity contribution in [2.75, 3.05) is 36.2 Å². The topological polar surface area (TPSA) is 190 Å². The summed E-state index contributed by atoms with van der Waals surface area (Å²) < 4.78 is 128. The number of ether oxygens (including phenoxy) is 2. The Kier molecular flexibility index (Phi) is 16.8. The van der Waals surface area contributed by atoms with Gasteiger partial charge in [-0.1, -0.05) is 45.0 Å². The number of nitrogens with zero attached hydrogens (tertiary/aromatic N) is 6. The number of pyridine rings is 1. The molecule has 2 aliphatic rings. The number of halogens is 8. The van der Waals surface area contributed by atoms with Crippen LogP contribution in [0.5, 0.6) is 5.75 Å². The number of aromatic nitrogens is 2. The Bertz CT molecular complexity index is 3140. The van der Waals surface area contributed by atoms with Gasteiger partial charge in [0.1, 0.15) is 35.5 Å². The van der Waals surface area contributed by atoms with Crippen molar-refractivity contribution in [2.45, 2.75) is 96.8 Å². The number of carbonyl (C=O) groups excluding carboxylic acids is 4. The molecule has 0 unspecified atom stereocenters. The molecule has 2 fully saturated rings. The molecule has 25 heteroatoms. The third kappa shape index (κ3) is 12.5. The molecule has 2 saturated heterocycles. The van der Waals surface area contributed by atoms with Gasteiger partial charge in [-0.25, -0.2) is 26.9 Å². The lowest BCUT2D eigenvalue weighted by molar-refractivity contribution is -0.144. The smallest absolute Gasteiger partial charge is 0.420 e. The highest BCUT2D eigenvalue weighted by Crippen LogP contribution is 2.43. The van der Waals surface area contributed by atoms with E-state index in [-0.39, 0.29) is 30.8 Å². The number of likely N-dealkylation sites (tertiary alicyclic amines) is 1. The van der Waals surface area contributed by atoms with Crippen molar-refractivity contribution in [3.05, 3.63) is 112 Å². The highest BCUT2D eigenvalue weighted by atomic mass is 32.1. The van der Waals surface area contributed by atoms with Crippen LogP contribution in [0, 0.1) is 41.1 Å². The van der Waals surface area contributed by atoms with Crippen LogP contribution in [0.1, 0.15) is 69.8 Å². The number of amides is 4. The van der Waals surface area contributed by atoms with Crippen molar-refractivity contribution in [2.24, 2.45) is 5.41 Å². The van der Waals surface area contributed by atoms with Crippen LogP contribution >= 0.6 is 23.6 Å². The lowest BCUT2D eigenvalue weighted by Gasteiger charge is -2.35. The van der Waals surface area contributed by atoms with Crippen molar-refractivity contribution in [1.82, 2.24) is 25.5 Å². The third-order valence-corrected chi connectivity index (χ3v) is 14.1. The van der Waals surface area contributed by atoms with Crippen molar-refractivity contribution in [3.63, 3.8) is 0 Å². The Morgan fingerprint density at radius 1 is 0.987 bits per heavy atom. The number of thiocarbonyl (C=S) groups is 1. The van der Waals surface area contributed by atoms with Gasteiger partial charge in [-0.3, -0.25) is 29.1 Å². The molecule has 0 spiro atoms. The fraction of sp³-hybridized carbons (Fsp3) is 0.385. The molecule has 0 aliphatic carbocycles. The first-order chi connectivity index (χ1) is 36.0. The number of aliphatic hydroxyl groups excluding tert-OH is 1. The number of β-amino-alcohol motifs (C(OH)–C–C–N with tert-alkyl or cyclic N) is 1. The number of carbonyl (C=O) groups is 4. The van der Waals surface area contributed by atoms with Crippen LogP contribution in [0.4, 0.5) is 46.5 Å². The van der Waals surface area contributed by atoms with E-state index in [1.165, 1.54) is 36.2 Å². The molecule has 4 heterocycles. The van der Waals surface area contributed by atoms with Crippen LogP contribution in [0.25, 0.3) is 21.7 Å². The first-order valence-corrected chi connectivity index (χ1v) is 24.9. The lowest BCUT2D eigenvalue weighted by atomic mass is 9.85. The minimum atomic E-state index is -5.32. The van der Waals surface area contributed by atoms with Gasteiger partial charge in [0.05, 0.1) is 58.0 Å². The fourth-order valence-corrected chi connectivity index (χ4v) is 10.0. The Balaban J connectivity index is 0.904. The number of rotatable bonds is 17. The first kappa shape index (κ1) is 57.6. The zero-order chi connectivity index (χ0) is 56.5. The summed E-state index contributed by atoms with van der Waals surface area (Å²) in [5.41, 5.74) is -2.94. The van der Waals surface area contributed by atoms with Crippen LogP contribution in [0.2, 0.25) is 0 Å². The molecule has 5 aromatic rings. The zero-order valence-corrected chi connectivity index (χ0v) is 43.7. The molecule has 3 N–H and O–H groups in total. The molecule has 7 rings (SSSR count). The maximum atomic E-state index is 15.8. The number of nitrogens with one attached hydrogen (secondary N) is 2. The van der Waals surface area contributed by atoms with Gasteiger partial charge >= 0.3 is 6.18 Å². The second-order valence-corrected chi connectivity index (χ2v) is 21.0. The van der Waals surface area contributed by atoms with Gasteiger partial charge in [-0.15, -0.1) is 11.3 Å². The van der Waals surface area contributed by atoms with E-state index in [4.69, 9.17) is 27.0 Å². The molecule has 0 radical (unpaired) electrons. The predicted octanol–water partition coefficient (Wildman–Crippen LogP) is 8.63. The minimum Gasteiger partial charge on any atom is -0.484 e. The standard InChI is InChI=1S/C52H50F8N8O7S2/c1-27-43(77-26-64-27)29-9-7-28(8-10-29)21-63-45(71)37-19-33(69)23-66(37)46(72)44(49(2,3)4)65-39(70)24-74-16-15-51(56,57)25-75-38-14-12-30(17-34(38)53)42-35(54)18-32(22-62-42)68-48(76)67(47(73)50(68,5)6)36-13-11-31(20-61)40(41(36)55)52(58,59)60/h7-14,17-18,22,26,33,37,44,69H,15-16,19,21,23-25H2,1-6H3,(H,63,71)(H,65,70)/t33-,37+,44-/m1/s1. The lowest BCUT2D eigenvalue weighted by Crippen LogP contribution is -2.58. The predicted molar refractivity (Wildman–Crippen MR) is 270 cm³/mol.